The Kier molecular flexibility index (Phi) is 5.93. The maximum absolute atomic E-state index is 12.2. The van der Waals surface area contributed by atoms with Gasteiger partial charge in [0.1, 0.15) is 0 Å². The van der Waals surface area contributed by atoms with Gasteiger partial charge < -0.3 is 5.11 Å². The number of hydrogen-bond donors (Lipinski definition) is 3. The molecule has 0 aromatic heterocycles. The van der Waals surface area contributed by atoms with E-state index in [-0.39, 0.29) is 6.42 Å². The smallest absolute Gasteiger partial charge is 0.314 e. The Morgan fingerprint density at radius 1 is 1.00 bits per heavy atom. The second-order valence-electron chi connectivity index (χ2n) is 5.66. The van der Waals surface area contributed by atoms with Gasteiger partial charge in [0.25, 0.3) is 5.91 Å². The molecule has 0 bridgehead atoms. The average molecular weight is 405 g/mol. The van der Waals surface area contributed by atoms with Gasteiger partial charge >= 0.3 is 5.97 Å². The SMILES string of the molecule is CC(CC(=O)NNC(=O)c1ccccc1Br)(C(=O)O)c1ccccc1. The van der Waals surface area contributed by atoms with Crippen molar-refractivity contribution < 1.29 is 19.5 Å². The van der Waals surface area contributed by atoms with E-state index >= 15 is 0 Å². The van der Waals surface area contributed by atoms with Crippen molar-refractivity contribution in [3.63, 3.8) is 0 Å². The van der Waals surface area contributed by atoms with Crippen molar-refractivity contribution in [1.82, 2.24) is 10.9 Å². The molecular weight excluding hydrogens is 388 g/mol. The number of hydrazine groups is 1. The molecule has 0 saturated carbocycles. The summed E-state index contributed by atoms with van der Waals surface area (Å²) in [7, 11) is 0. The summed E-state index contributed by atoms with van der Waals surface area (Å²) >= 11 is 3.25. The first-order valence-corrected chi connectivity index (χ1v) is 8.26. The standard InChI is InChI=1S/C18H17BrN2O4/c1-18(17(24)25,12-7-3-2-4-8-12)11-15(22)20-21-16(23)13-9-5-6-10-14(13)19/h2-10H,11H2,1H3,(H,20,22)(H,21,23)(H,24,25). The van der Waals surface area contributed by atoms with Gasteiger partial charge in [0, 0.05) is 10.9 Å². The molecule has 0 radical (unpaired) electrons. The van der Waals surface area contributed by atoms with E-state index in [0.29, 0.717) is 15.6 Å². The minimum absolute atomic E-state index is 0.317. The first-order valence-electron chi connectivity index (χ1n) is 7.47. The second kappa shape index (κ2) is 7.94. The van der Waals surface area contributed by atoms with Gasteiger partial charge in [0.05, 0.1) is 11.0 Å². The van der Waals surface area contributed by atoms with Gasteiger partial charge in [-0.2, -0.15) is 0 Å². The maximum atomic E-state index is 12.2. The van der Waals surface area contributed by atoms with Crippen LogP contribution in [0.3, 0.4) is 0 Å². The highest BCUT2D eigenvalue weighted by atomic mass is 79.9. The normalized spacial score (nSPS) is 12.7. The predicted octanol–water partition coefficient (Wildman–Crippen LogP) is 2.64. The Hall–Kier alpha value is -2.67. The highest BCUT2D eigenvalue weighted by molar-refractivity contribution is 9.10. The molecule has 0 aliphatic rings. The molecule has 130 valence electrons. The molecule has 1 unspecified atom stereocenters. The second-order valence-corrected chi connectivity index (χ2v) is 6.52. The molecule has 0 spiro atoms. The number of benzene rings is 2. The molecule has 2 amide bonds. The van der Waals surface area contributed by atoms with Crippen molar-refractivity contribution >= 4 is 33.7 Å². The average Bonchev–Trinajstić information content (AvgIpc) is 2.60. The monoisotopic (exact) mass is 404 g/mol. The lowest BCUT2D eigenvalue weighted by molar-refractivity contribution is -0.145. The van der Waals surface area contributed by atoms with Crippen LogP contribution in [0.5, 0.6) is 0 Å². The molecule has 2 rings (SSSR count). The van der Waals surface area contributed by atoms with Crippen LogP contribution in [0.2, 0.25) is 0 Å². The number of aliphatic carboxylic acids is 1. The summed E-state index contributed by atoms with van der Waals surface area (Å²) in [5, 5.41) is 9.55. The van der Waals surface area contributed by atoms with Gasteiger partial charge in [-0.3, -0.25) is 25.2 Å². The van der Waals surface area contributed by atoms with Crippen molar-refractivity contribution in [2.45, 2.75) is 18.8 Å². The van der Waals surface area contributed by atoms with Gasteiger partial charge in [-0.05, 0) is 40.5 Å². The zero-order valence-corrected chi connectivity index (χ0v) is 15.0. The Bertz CT molecular complexity index is 795. The van der Waals surface area contributed by atoms with Crippen LogP contribution in [0.1, 0.15) is 29.3 Å². The molecule has 0 heterocycles. The molecule has 2 aromatic rings. The fourth-order valence-corrected chi connectivity index (χ4v) is 2.78. The lowest BCUT2D eigenvalue weighted by Crippen LogP contribution is -2.46. The van der Waals surface area contributed by atoms with Crippen LogP contribution >= 0.6 is 15.9 Å². The van der Waals surface area contributed by atoms with Crippen LogP contribution in [-0.4, -0.2) is 22.9 Å². The topological polar surface area (TPSA) is 95.5 Å². The maximum Gasteiger partial charge on any atom is 0.314 e. The van der Waals surface area contributed by atoms with Crippen molar-refractivity contribution in [2.24, 2.45) is 0 Å². The van der Waals surface area contributed by atoms with Crippen LogP contribution < -0.4 is 10.9 Å². The van der Waals surface area contributed by atoms with Gasteiger partial charge in [0.15, 0.2) is 0 Å². The zero-order chi connectivity index (χ0) is 18.4. The van der Waals surface area contributed by atoms with Crippen LogP contribution in [0.25, 0.3) is 0 Å². The summed E-state index contributed by atoms with van der Waals surface area (Å²) in [5.74, 6) is -2.22. The van der Waals surface area contributed by atoms with E-state index in [4.69, 9.17) is 0 Å². The molecule has 0 aliphatic carbocycles. The number of carboxylic acids is 1. The highest BCUT2D eigenvalue weighted by Gasteiger charge is 2.37. The number of halogens is 1. The lowest BCUT2D eigenvalue weighted by Gasteiger charge is -2.24. The lowest BCUT2D eigenvalue weighted by atomic mass is 9.79. The molecule has 2 aromatic carbocycles. The van der Waals surface area contributed by atoms with E-state index in [0.717, 1.165) is 0 Å². The van der Waals surface area contributed by atoms with E-state index in [2.05, 4.69) is 26.8 Å². The minimum Gasteiger partial charge on any atom is -0.481 e. The molecular formula is C18H17BrN2O4. The summed E-state index contributed by atoms with van der Waals surface area (Å²) in [6.45, 7) is 1.47. The third-order valence-electron chi connectivity index (χ3n) is 3.83. The fourth-order valence-electron chi connectivity index (χ4n) is 2.31. The van der Waals surface area contributed by atoms with Crippen LogP contribution in [-0.2, 0) is 15.0 Å². The van der Waals surface area contributed by atoms with E-state index in [1.807, 2.05) is 0 Å². The Morgan fingerprint density at radius 3 is 2.20 bits per heavy atom. The highest BCUT2D eigenvalue weighted by Crippen LogP contribution is 2.27. The number of carbonyl (C=O) groups excluding carboxylic acids is 2. The van der Waals surface area contributed by atoms with Gasteiger partial charge in [-0.25, -0.2) is 0 Å². The molecule has 1 atom stereocenters. The Balaban J connectivity index is 2.04. The summed E-state index contributed by atoms with van der Waals surface area (Å²) in [6.07, 6.45) is -0.317. The first kappa shape index (κ1) is 18.7. The van der Waals surface area contributed by atoms with Crippen LogP contribution in [0.4, 0.5) is 0 Å². The van der Waals surface area contributed by atoms with Gasteiger partial charge in [-0.1, -0.05) is 42.5 Å². The molecule has 6 nitrogen and oxygen atoms in total. The quantitative estimate of drug-likeness (QED) is 0.667. The third-order valence-corrected chi connectivity index (χ3v) is 4.52. The molecule has 0 saturated heterocycles. The summed E-state index contributed by atoms with van der Waals surface area (Å²) in [5.41, 5.74) is 4.02. The van der Waals surface area contributed by atoms with Crippen LogP contribution in [0, 0.1) is 0 Å². The Morgan fingerprint density at radius 2 is 1.60 bits per heavy atom. The van der Waals surface area contributed by atoms with Crippen LogP contribution in [0.15, 0.2) is 59.1 Å². The fraction of sp³-hybridized carbons (Fsp3) is 0.167. The predicted molar refractivity (Wildman–Crippen MR) is 95.8 cm³/mol. The summed E-state index contributed by atoms with van der Waals surface area (Å²) in [6, 6.07) is 15.2. The number of carboxylic acid groups (broad SMARTS) is 1. The Labute approximate surface area is 153 Å². The molecule has 0 aliphatic heterocycles. The molecule has 7 heteroatoms. The van der Waals surface area contributed by atoms with Crippen molar-refractivity contribution in [3.8, 4) is 0 Å². The summed E-state index contributed by atoms with van der Waals surface area (Å²) < 4.78 is 0.585. The third kappa shape index (κ3) is 4.45. The van der Waals surface area contributed by atoms with Crippen molar-refractivity contribution in [3.05, 3.63) is 70.2 Å². The van der Waals surface area contributed by atoms with Gasteiger partial charge in [-0.15, -0.1) is 0 Å². The zero-order valence-electron chi connectivity index (χ0n) is 13.5. The van der Waals surface area contributed by atoms with Crippen molar-refractivity contribution in [2.75, 3.05) is 0 Å². The molecule has 3 N–H and O–H groups in total. The van der Waals surface area contributed by atoms with Gasteiger partial charge in [0.2, 0.25) is 5.91 Å². The summed E-state index contributed by atoms with van der Waals surface area (Å²) in [4.78, 5) is 35.9. The van der Waals surface area contributed by atoms with E-state index in [9.17, 15) is 19.5 Å². The van der Waals surface area contributed by atoms with E-state index in [1.165, 1.54) is 6.92 Å². The molecule has 25 heavy (non-hydrogen) atoms. The van der Waals surface area contributed by atoms with Crippen molar-refractivity contribution in [1.29, 1.82) is 0 Å². The number of rotatable bonds is 5. The number of carbonyl (C=O) groups is 3. The first-order chi connectivity index (χ1) is 11.8. The largest absolute Gasteiger partial charge is 0.481 e. The number of nitrogens with one attached hydrogen (secondary N) is 2. The molecule has 0 fully saturated rings. The van der Waals surface area contributed by atoms with E-state index < -0.39 is 23.2 Å². The number of hydrogen-bond acceptors (Lipinski definition) is 3. The van der Waals surface area contributed by atoms with E-state index in [1.54, 1.807) is 54.6 Å². The minimum atomic E-state index is -1.40. The number of amides is 2.